The minimum atomic E-state index is -0.261. The van der Waals surface area contributed by atoms with Crippen LogP contribution < -0.4 is 4.90 Å². The van der Waals surface area contributed by atoms with Gasteiger partial charge in [-0.3, -0.25) is 0 Å². The van der Waals surface area contributed by atoms with Crippen LogP contribution in [0.4, 0.5) is 10.2 Å². The molecule has 4 nitrogen and oxygen atoms in total. The first-order chi connectivity index (χ1) is 10.2. The maximum atomic E-state index is 13.7. The van der Waals surface area contributed by atoms with Crippen molar-refractivity contribution in [2.45, 2.75) is 13.0 Å². The van der Waals surface area contributed by atoms with E-state index in [-0.39, 0.29) is 5.82 Å². The first-order valence-electron chi connectivity index (χ1n) is 7.03. The number of halogens is 1. The molecule has 0 amide bonds. The lowest BCUT2D eigenvalue weighted by Crippen LogP contribution is -2.48. The third kappa shape index (κ3) is 1.88. The number of imidazole rings is 1. The van der Waals surface area contributed by atoms with Crippen molar-refractivity contribution in [1.82, 2.24) is 14.5 Å². The molecule has 1 aliphatic heterocycles. The predicted molar refractivity (Wildman–Crippen MR) is 79.9 cm³/mol. The number of para-hydroxylation sites is 2. The maximum absolute atomic E-state index is 13.7. The molecule has 1 aliphatic rings. The normalized spacial score (nSPS) is 15.4. The van der Waals surface area contributed by atoms with E-state index in [0.29, 0.717) is 11.9 Å². The molecule has 21 heavy (non-hydrogen) atoms. The summed E-state index contributed by atoms with van der Waals surface area (Å²) < 4.78 is 16.0. The predicted octanol–water partition coefficient (Wildman–Crippen LogP) is 2.94. The van der Waals surface area contributed by atoms with Gasteiger partial charge in [-0.2, -0.15) is 0 Å². The number of nitrogens with zero attached hydrogens (tertiary/aromatic N) is 4. The van der Waals surface area contributed by atoms with Crippen LogP contribution in [0, 0.1) is 12.7 Å². The van der Waals surface area contributed by atoms with Gasteiger partial charge in [-0.1, -0.05) is 12.1 Å². The van der Waals surface area contributed by atoms with Crippen molar-refractivity contribution in [1.29, 1.82) is 0 Å². The van der Waals surface area contributed by atoms with Gasteiger partial charge in [-0.15, -0.1) is 0 Å². The van der Waals surface area contributed by atoms with Crippen molar-refractivity contribution in [2.24, 2.45) is 0 Å². The number of hydrogen-bond donors (Lipinski definition) is 0. The largest absolute Gasteiger partial charge is 0.350 e. The maximum Gasteiger partial charge on any atom is 0.165 e. The molecule has 0 radical (unpaired) electrons. The summed E-state index contributed by atoms with van der Waals surface area (Å²) in [6.45, 7) is 3.54. The van der Waals surface area contributed by atoms with Crippen molar-refractivity contribution in [2.75, 3.05) is 18.0 Å². The monoisotopic (exact) mass is 282 g/mol. The van der Waals surface area contributed by atoms with Crippen LogP contribution in [-0.2, 0) is 0 Å². The van der Waals surface area contributed by atoms with Gasteiger partial charge in [0, 0.05) is 19.3 Å². The smallest absolute Gasteiger partial charge is 0.165 e. The van der Waals surface area contributed by atoms with E-state index in [1.54, 1.807) is 12.3 Å². The standard InChI is InChI=1S/C16H15FN4/c1-11-19-14-6-2-3-7-15(14)21(11)12-9-20(10-12)16-13(17)5-4-8-18-16/h2-8,12H,9-10H2,1H3. The molecule has 0 saturated carbocycles. The lowest BCUT2D eigenvalue weighted by atomic mass is 10.1. The highest BCUT2D eigenvalue weighted by Crippen LogP contribution is 2.31. The van der Waals surface area contributed by atoms with Gasteiger partial charge in [-0.25, -0.2) is 14.4 Å². The van der Waals surface area contributed by atoms with Crippen molar-refractivity contribution < 1.29 is 4.39 Å². The molecular formula is C16H15FN4. The van der Waals surface area contributed by atoms with Gasteiger partial charge in [0.15, 0.2) is 11.6 Å². The molecule has 0 atom stereocenters. The highest BCUT2D eigenvalue weighted by atomic mass is 19.1. The van der Waals surface area contributed by atoms with Crippen molar-refractivity contribution in [3.05, 3.63) is 54.2 Å². The lowest BCUT2D eigenvalue weighted by Gasteiger charge is -2.41. The van der Waals surface area contributed by atoms with E-state index in [2.05, 4.69) is 20.6 Å². The molecule has 1 saturated heterocycles. The Morgan fingerprint density at radius 3 is 2.76 bits per heavy atom. The number of anilines is 1. The SMILES string of the molecule is Cc1nc2ccccc2n1C1CN(c2ncccc2F)C1. The molecule has 0 spiro atoms. The molecule has 2 aromatic heterocycles. The fourth-order valence-corrected chi connectivity index (χ4v) is 3.03. The van der Waals surface area contributed by atoms with Crippen LogP contribution in [0.15, 0.2) is 42.6 Å². The second-order valence-electron chi connectivity index (χ2n) is 5.39. The number of hydrogen-bond acceptors (Lipinski definition) is 3. The van der Waals surface area contributed by atoms with Crippen molar-refractivity contribution >= 4 is 16.9 Å². The summed E-state index contributed by atoms with van der Waals surface area (Å²) in [7, 11) is 0. The number of pyridine rings is 1. The summed E-state index contributed by atoms with van der Waals surface area (Å²) in [4.78, 5) is 10.7. The molecule has 1 aromatic carbocycles. The number of aryl methyl sites for hydroxylation is 1. The minimum Gasteiger partial charge on any atom is -0.350 e. The number of benzene rings is 1. The molecule has 1 fully saturated rings. The van der Waals surface area contributed by atoms with E-state index >= 15 is 0 Å². The number of rotatable bonds is 2. The van der Waals surface area contributed by atoms with Gasteiger partial charge in [0.05, 0.1) is 17.1 Å². The van der Waals surface area contributed by atoms with Gasteiger partial charge in [0.2, 0.25) is 0 Å². The van der Waals surface area contributed by atoms with Crippen LogP contribution in [-0.4, -0.2) is 27.6 Å². The summed E-state index contributed by atoms with van der Waals surface area (Å²) in [6, 6.07) is 11.5. The Labute approximate surface area is 121 Å². The Bertz CT molecular complexity index is 805. The first-order valence-corrected chi connectivity index (χ1v) is 7.03. The second-order valence-corrected chi connectivity index (χ2v) is 5.39. The van der Waals surface area contributed by atoms with E-state index in [0.717, 1.165) is 29.9 Å². The summed E-state index contributed by atoms with van der Waals surface area (Å²) in [5.41, 5.74) is 2.15. The summed E-state index contributed by atoms with van der Waals surface area (Å²) in [6.07, 6.45) is 1.63. The zero-order valence-corrected chi connectivity index (χ0v) is 11.7. The van der Waals surface area contributed by atoms with Crippen LogP contribution in [0.1, 0.15) is 11.9 Å². The summed E-state index contributed by atoms with van der Waals surface area (Å²) in [5.74, 6) is 1.18. The molecule has 0 unspecified atom stereocenters. The van der Waals surface area contributed by atoms with Gasteiger partial charge in [0.1, 0.15) is 5.82 Å². The third-order valence-electron chi connectivity index (χ3n) is 4.04. The van der Waals surface area contributed by atoms with E-state index in [4.69, 9.17) is 0 Å². The molecule has 106 valence electrons. The number of fused-ring (bicyclic) bond motifs is 1. The van der Waals surface area contributed by atoms with Gasteiger partial charge in [0.25, 0.3) is 0 Å². The minimum absolute atomic E-state index is 0.261. The molecular weight excluding hydrogens is 267 g/mol. The van der Waals surface area contributed by atoms with Gasteiger partial charge >= 0.3 is 0 Å². The van der Waals surface area contributed by atoms with Gasteiger partial charge < -0.3 is 9.47 Å². The third-order valence-corrected chi connectivity index (χ3v) is 4.04. The van der Waals surface area contributed by atoms with E-state index < -0.39 is 0 Å². The van der Waals surface area contributed by atoms with E-state index in [1.807, 2.05) is 30.0 Å². The van der Waals surface area contributed by atoms with E-state index in [1.165, 1.54) is 6.07 Å². The molecule has 0 aliphatic carbocycles. The molecule has 3 heterocycles. The topological polar surface area (TPSA) is 34.0 Å². The highest BCUT2D eigenvalue weighted by molar-refractivity contribution is 5.76. The molecule has 5 heteroatoms. The highest BCUT2D eigenvalue weighted by Gasteiger charge is 2.32. The second kappa shape index (κ2) is 4.55. The van der Waals surface area contributed by atoms with E-state index in [9.17, 15) is 4.39 Å². The Morgan fingerprint density at radius 1 is 1.14 bits per heavy atom. The number of aromatic nitrogens is 3. The van der Waals surface area contributed by atoms with Crippen LogP contribution in [0.25, 0.3) is 11.0 Å². The van der Waals surface area contributed by atoms with Crippen LogP contribution >= 0.6 is 0 Å². The Balaban J connectivity index is 1.63. The quantitative estimate of drug-likeness (QED) is 0.724. The Kier molecular flexibility index (Phi) is 2.67. The lowest BCUT2D eigenvalue weighted by molar-refractivity contribution is 0.393. The fourth-order valence-electron chi connectivity index (χ4n) is 3.03. The molecule has 3 aromatic rings. The Morgan fingerprint density at radius 2 is 1.95 bits per heavy atom. The fraction of sp³-hybridized carbons (Fsp3) is 0.250. The molecule has 4 rings (SSSR count). The van der Waals surface area contributed by atoms with Crippen LogP contribution in [0.3, 0.4) is 0 Å². The van der Waals surface area contributed by atoms with Crippen molar-refractivity contribution in [3.8, 4) is 0 Å². The average Bonchev–Trinajstić information content (AvgIpc) is 2.76. The molecule has 0 bridgehead atoms. The first kappa shape index (κ1) is 12.3. The Hall–Kier alpha value is -2.43. The zero-order valence-electron chi connectivity index (χ0n) is 11.7. The zero-order chi connectivity index (χ0) is 14.4. The summed E-state index contributed by atoms with van der Waals surface area (Å²) in [5, 5.41) is 0. The summed E-state index contributed by atoms with van der Waals surface area (Å²) >= 11 is 0. The molecule has 0 N–H and O–H groups in total. The average molecular weight is 282 g/mol. The van der Waals surface area contributed by atoms with Crippen LogP contribution in [0.2, 0.25) is 0 Å². The van der Waals surface area contributed by atoms with Crippen molar-refractivity contribution in [3.63, 3.8) is 0 Å². The van der Waals surface area contributed by atoms with Gasteiger partial charge in [-0.05, 0) is 31.2 Å². The van der Waals surface area contributed by atoms with Crippen LogP contribution in [0.5, 0.6) is 0 Å².